The van der Waals surface area contributed by atoms with E-state index < -0.39 is 17.7 Å². The summed E-state index contributed by atoms with van der Waals surface area (Å²) in [6, 6.07) is 2.93. The zero-order valence-electron chi connectivity index (χ0n) is 9.29. The maximum atomic E-state index is 13.7. The smallest absolute Gasteiger partial charge is 0.407 e. The van der Waals surface area contributed by atoms with Gasteiger partial charge in [-0.05, 0) is 34.0 Å². The lowest BCUT2D eigenvalue weighted by molar-refractivity contribution is 0.150. The molecule has 0 atom stereocenters. The molecule has 1 aliphatic rings. The van der Waals surface area contributed by atoms with Gasteiger partial charge in [-0.15, -0.1) is 0 Å². The Kier molecular flexibility index (Phi) is 3.65. The Morgan fingerprint density at radius 1 is 1.33 bits per heavy atom. The number of amides is 1. The van der Waals surface area contributed by atoms with E-state index >= 15 is 0 Å². The largest absolute Gasteiger partial charge is 0.465 e. The van der Waals surface area contributed by atoms with Crippen LogP contribution in [-0.2, 0) is 0 Å². The van der Waals surface area contributed by atoms with Crippen LogP contribution in [0, 0.1) is 11.6 Å². The van der Waals surface area contributed by atoms with Gasteiger partial charge in [-0.2, -0.15) is 0 Å². The van der Waals surface area contributed by atoms with Gasteiger partial charge in [-0.1, -0.05) is 12.1 Å². The number of carbonyl (C=O) groups is 1. The van der Waals surface area contributed by atoms with E-state index in [4.69, 9.17) is 5.11 Å². The number of halogens is 3. The van der Waals surface area contributed by atoms with E-state index in [9.17, 15) is 13.6 Å². The van der Waals surface area contributed by atoms with Crippen molar-refractivity contribution in [3.63, 3.8) is 0 Å². The number of carboxylic acid groups (broad SMARTS) is 1. The molecule has 1 aromatic carbocycles. The van der Waals surface area contributed by atoms with E-state index in [1.807, 2.05) is 0 Å². The molecule has 6 heteroatoms. The van der Waals surface area contributed by atoms with Crippen LogP contribution in [0.1, 0.15) is 12.0 Å². The van der Waals surface area contributed by atoms with Gasteiger partial charge in [0, 0.05) is 18.7 Å². The molecule has 1 aliphatic heterocycles. The summed E-state index contributed by atoms with van der Waals surface area (Å²) in [5.41, 5.74) is 0.831. The average Bonchev–Trinajstić information content (AvgIpc) is 2.36. The Balaban J connectivity index is 2.29. The molecule has 1 N–H and O–H groups in total. The highest BCUT2D eigenvalue weighted by molar-refractivity contribution is 9.10. The summed E-state index contributed by atoms with van der Waals surface area (Å²) < 4.78 is 27.2. The van der Waals surface area contributed by atoms with E-state index in [0.29, 0.717) is 12.0 Å². The third kappa shape index (κ3) is 2.38. The summed E-state index contributed by atoms with van der Waals surface area (Å²) in [4.78, 5) is 11.9. The average molecular weight is 318 g/mol. The van der Waals surface area contributed by atoms with Crippen molar-refractivity contribution in [2.45, 2.75) is 6.42 Å². The van der Waals surface area contributed by atoms with Crippen LogP contribution in [0.2, 0.25) is 0 Å². The topological polar surface area (TPSA) is 40.5 Å². The number of hydrogen-bond acceptors (Lipinski definition) is 1. The first-order valence-electron chi connectivity index (χ1n) is 5.31. The van der Waals surface area contributed by atoms with Gasteiger partial charge in [0.2, 0.25) is 0 Å². The summed E-state index contributed by atoms with van der Waals surface area (Å²) in [5, 5.41) is 8.79. The van der Waals surface area contributed by atoms with Gasteiger partial charge < -0.3 is 10.0 Å². The van der Waals surface area contributed by atoms with Crippen molar-refractivity contribution in [3.05, 3.63) is 39.9 Å². The zero-order chi connectivity index (χ0) is 13.3. The molecule has 0 saturated carbocycles. The summed E-state index contributed by atoms with van der Waals surface area (Å²) in [6.45, 7) is 0.486. The van der Waals surface area contributed by atoms with E-state index in [1.54, 1.807) is 6.08 Å². The molecule has 2 rings (SSSR count). The molecule has 0 radical (unpaired) electrons. The quantitative estimate of drug-likeness (QED) is 0.805. The van der Waals surface area contributed by atoms with Gasteiger partial charge in [0.15, 0.2) is 11.6 Å². The normalized spacial score (nSPS) is 15.5. The van der Waals surface area contributed by atoms with Crippen LogP contribution in [-0.4, -0.2) is 29.2 Å². The molecule has 1 amide bonds. The third-order valence-corrected chi connectivity index (χ3v) is 3.47. The van der Waals surface area contributed by atoms with Crippen LogP contribution in [0.5, 0.6) is 0 Å². The first-order chi connectivity index (χ1) is 8.50. The van der Waals surface area contributed by atoms with E-state index in [-0.39, 0.29) is 23.1 Å². The lowest BCUT2D eigenvalue weighted by Crippen LogP contribution is -2.33. The number of hydrogen-bond donors (Lipinski definition) is 1. The van der Waals surface area contributed by atoms with Crippen LogP contribution in [0.15, 0.2) is 22.7 Å². The monoisotopic (exact) mass is 317 g/mol. The zero-order valence-corrected chi connectivity index (χ0v) is 10.9. The molecule has 0 unspecified atom stereocenters. The molecule has 0 fully saturated rings. The van der Waals surface area contributed by atoms with Crippen LogP contribution < -0.4 is 0 Å². The summed E-state index contributed by atoms with van der Waals surface area (Å²) in [5.74, 6) is -1.83. The molecule has 3 nitrogen and oxygen atoms in total. The molecular formula is C12H10BrF2NO2. The van der Waals surface area contributed by atoms with Gasteiger partial charge in [-0.3, -0.25) is 0 Å². The lowest BCUT2D eigenvalue weighted by Gasteiger charge is -2.24. The number of nitrogens with zero attached hydrogens (tertiary/aromatic N) is 1. The fraction of sp³-hybridized carbons (Fsp3) is 0.250. The van der Waals surface area contributed by atoms with Gasteiger partial charge in [0.25, 0.3) is 0 Å². The minimum absolute atomic E-state index is 0.0762. The molecule has 1 aromatic rings. The van der Waals surface area contributed by atoms with E-state index in [0.717, 1.165) is 0 Å². The Morgan fingerprint density at radius 2 is 2.06 bits per heavy atom. The van der Waals surface area contributed by atoms with Gasteiger partial charge in [-0.25, -0.2) is 13.6 Å². The van der Waals surface area contributed by atoms with Gasteiger partial charge >= 0.3 is 6.09 Å². The SMILES string of the molecule is O=C(O)N1CC=C(c2ccc(Br)c(F)c2F)CC1. The van der Waals surface area contributed by atoms with E-state index in [1.165, 1.54) is 17.0 Å². The third-order valence-electron chi connectivity index (χ3n) is 2.86. The molecule has 0 aromatic heterocycles. The highest BCUT2D eigenvalue weighted by atomic mass is 79.9. The predicted octanol–water partition coefficient (Wildman–Crippen LogP) is 3.49. The first-order valence-corrected chi connectivity index (χ1v) is 6.10. The second-order valence-electron chi connectivity index (χ2n) is 3.93. The molecule has 96 valence electrons. The Hall–Kier alpha value is -1.43. The van der Waals surface area contributed by atoms with Gasteiger partial charge in [0.1, 0.15) is 0 Å². The van der Waals surface area contributed by atoms with Crippen molar-refractivity contribution in [2.24, 2.45) is 0 Å². The van der Waals surface area contributed by atoms with Crippen molar-refractivity contribution in [1.29, 1.82) is 0 Å². The Morgan fingerprint density at radius 3 is 2.61 bits per heavy atom. The lowest BCUT2D eigenvalue weighted by atomic mass is 9.99. The van der Waals surface area contributed by atoms with Gasteiger partial charge in [0.05, 0.1) is 4.47 Å². The van der Waals surface area contributed by atoms with Crippen LogP contribution >= 0.6 is 15.9 Å². The maximum absolute atomic E-state index is 13.7. The molecule has 0 spiro atoms. The van der Waals surface area contributed by atoms with Crippen molar-refractivity contribution in [3.8, 4) is 0 Å². The highest BCUT2D eigenvalue weighted by Gasteiger charge is 2.20. The molecule has 0 bridgehead atoms. The maximum Gasteiger partial charge on any atom is 0.407 e. The first kappa shape index (κ1) is 13.0. The summed E-state index contributed by atoms with van der Waals surface area (Å²) in [6.07, 6.45) is 0.987. The summed E-state index contributed by atoms with van der Waals surface area (Å²) in [7, 11) is 0. The molecule has 0 saturated heterocycles. The van der Waals surface area contributed by atoms with Crippen LogP contribution in [0.25, 0.3) is 5.57 Å². The van der Waals surface area contributed by atoms with Crippen molar-refractivity contribution < 1.29 is 18.7 Å². The fourth-order valence-corrected chi connectivity index (χ4v) is 2.17. The molecule has 0 aliphatic carbocycles. The van der Waals surface area contributed by atoms with Crippen LogP contribution in [0.3, 0.4) is 0 Å². The van der Waals surface area contributed by atoms with Crippen molar-refractivity contribution >= 4 is 27.6 Å². The van der Waals surface area contributed by atoms with Crippen molar-refractivity contribution in [2.75, 3.05) is 13.1 Å². The standard InChI is InChI=1S/C12H10BrF2NO2/c13-9-2-1-8(10(14)11(9)15)7-3-5-16(6-4-7)12(17)18/h1-3H,4-6H2,(H,17,18). The number of rotatable bonds is 1. The predicted molar refractivity (Wildman–Crippen MR) is 66.2 cm³/mol. The van der Waals surface area contributed by atoms with Crippen molar-refractivity contribution in [1.82, 2.24) is 4.90 Å². The minimum atomic E-state index is -1.01. The Labute approximate surface area is 111 Å². The second-order valence-corrected chi connectivity index (χ2v) is 4.79. The molecular weight excluding hydrogens is 308 g/mol. The number of benzene rings is 1. The molecule has 18 heavy (non-hydrogen) atoms. The highest BCUT2D eigenvalue weighted by Crippen LogP contribution is 2.29. The van der Waals surface area contributed by atoms with E-state index in [2.05, 4.69) is 15.9 Å². The second kappa shape index (κ2) is 5.06. The summed E-state index contributed by atoms with van der Waals surface area (Å²) >= 11 is 2.91. The minimum Gasteiger partial charge on any atom is -0.465 e. The fourth-order valence-electron chi connectivity index (χ4n) is 1.86. The Bertz CT molecular complexity index is 531. The molecule has 1 heterocycles. The van der Waals surface area contributed by atoms with Crippen LogP contribution in [0.4, 0.5) is 13.6 Å².